The van der Waals surface area contributed by atoms with Crippen molar-refractivity contribution in [3.63, 3.8) is 0 Å². The Balaban J connectivity index is 0.864. The van der Waals surface area contributed by atoms with Crippen molar-refractivity contribution < 1.29 is 55.9 Å². The van der Waals surface area contributed by atoms with E-state index < -0.39 is 75.2 Å². The Morgan fingerprint density at radius 3 is 2.01 bits per heavy atom. The third kappa shape index (κ3) is 15.0. The molecule has 1 heterocycles. The molecule has 0 spiro atoms. The summed E-state index contributed by atoms with van der Waals surface area (Å²) in [5.41, 5.74) is 10.5. The number of azo groups is 2. The van der Waals surface area contributed by atoms with Crippen molar-refractivity contribution in [3.05, 3.63) is 163 Å². The Morgan fingerprint density at radius 1 is 0.727 bits per heavy atom. The van der Waals surface area contributed by atoms with E-state index in [1.807, 2.05) is 79.7 Å². The number of rotatable bonds is 23. The van der Waals surface area contributed by atoms with Crippen LogP contribution in [-0.2, 0) is 45.2 Å². The number of hydrogen-bond acceptors (Lipinski definition) is 17. The number of esters is 1. The fraction of sp³-hybridized carbons (Fsp3) is 0.258. The average Bonchev–Trinajstić information content (AvgIpc) is 1.34. The number of piperidine rings is 1. The maximum absolute atomic E-state index is 14.2. The van der Waals surface area contributed by atoms with Crippen LogP contribution in [0.2, 0.25) is 0 Å². The van der Waals surface area contributed by atoms with Gasteiger partial charge in [0, 0.05) is 33.0 Å². The van der Waals surface area contributed by atoms with Crippen molar-refractivity contribution in [2.45, 2.75) is 81.2 Å². The molecule has 20 nitrogen and oxygen atoms in total. The van der Waals surface area contributed by atoms with Crippen molar-refractivity contribution in [3.8, 4) is 28.4 Å². The summed E-state index contributed by atoms with van der Waals surface area (Å²) in [5, 5.41) is 24.8. The lowest BCUT2D eigenvalue weighted by Crippen LogP contribution is -2.53. The van der Waals surface area contributed by atoms with Gasteiger partial charge >= 0.3 is 5.97 Å². The lowest BCUT2D eigenvalue weighted by molar-refractivity contribution is -0.164. The van der Waals surface area contributed by atoms with Crippen LogP contribution < -0.4 is 30.6 Å². The van der Waals surface area contributed by atoms with Crippen LogP contribution >= 0.6 is 12.6 Å². The molecule has 0 bridgehead atoms. The summed E-state index contributed by atoms with van der Waals surface area (Å²) in [5.74, 6) is -2.02. The van der Waals surface area contributed by atoms with Crippen LogP contribution in [0.5, 0.6) is 17.2 Å². The van der Waals surface area contributed by atoms with E-state index in [9.17, 15) is 36.9 Å². The third-order valence-corrected chi connectivity index (χ3v) is 16.6. The van der Waals surface area contributed by atoms with Crippen molar-refractivity contribution in [1.82, 2.24) is 10.2 Å². The SMILES string of the molecule is CCC(C)(C)C(=O)C(=O)N1CCCCC1C(=O)OC(CCc1ccc(OC)c(OC)c1)c1cccc(OCC(=O)NCC(=O)Nc2c(/N=N/c3ccc(-c4ccc(/N=N/c5cc(S)c6ccccc6c5N)cc4)cc3)cc(S(=O)(=O)O)c3ccccc23)c1. The van der Waals surface area contributed by atoms with Gasteiger partial charge in [-0.15, -0.1) is 22.9 Å². The molecule has 5 N–H and O–H groups in total. The molecule has 1 aliphatic rings. The number of aryl methyl sites for hydroxylation is 1. The lowest BCUT2D eigenvalue weighted by atomic mass is 9.84. The smallest absolute Gasteiger partial charge is 0.329 e. The Morgan fingerprint density at radius 2 is 1.36 bits per heavy atom. The number of carbonyl (C=O) groups is 5. The normalized spacial score (nSPS) is 14.0. The topological polar surface area (TPSA) is 279 Å². The summed E-state index contributed by atoms with van der Waals surface area (Å²) in [7, 11) is -1.74. The maximum Gasteiger partial charge on any atom is 0.329 e. The minimum Gasteiger partial charge on any atom is -0.493 e. The number of methoxy groups -OCH3 is 2. The quantitative estimate of drug-likeness (QED) is 0.00996. The van der Waals surface area contributed by atoms with E-state index in [-0.39, 0.29) is 40.9 Å². The molecule has 0 aliphatic carbocycles. The first-order valence-electron chi connectivity index (χ1n) is 28.4. The largest absolute Gasteiger partial charge is 0.493 e. The highest BCUT2D eigenvalue weighted by molar-refractivity contribution is 7.86. The van der Waals surface area contributed by atoms with Gasteiger partial charge in [-0.25, -0.2) is 4.79 Å². The molecule has 9 rings (SSSR count). The number of likely N-dealkylation sites (tertiary alicyclic amines) is 1. The van der Waals surface area contributed by atoms with Gasteiger partial charge in [0.05, 0.1) is 43.5 Å². The Kier molecular flexibility index (Phi) is 20.0. The standard InChI is InChI=1S/C66H66N8O12S2/c1-6-66(2,3)63(77)64(78)74-33-12-11-20-53(74)65(79)86-54(31-21-40-22-32-55(83-4)56(34-40)84-5)43-14-13-15-46(35-43)85-39-60(76)68-38-59(75)69-62-50-19-10-8-17-48(50)58(88(80,81)82)37-52(62)73-71-45-29-25-42(26-30-45)41-23-27-44(28-24-41)70-72-51-36-57(87)47-16-7-9-18-49(47)61(51)67/h7-10,13-19,22-30,32,34-37,53-54,87H,6,11-12,20-21,31,33,38-39,67H2,1-5H3,(H,68,76)(H,69,75)(H,80,81,82)/b72-70+,73-71+. The third-order valence-electron chi connectivity index (χ3n) is 15.4. The number of nitrogens with zero attached hydrogens (tertiary/aromatic N) is 5. The predicted molar refractivity (Wildman–Crippen MR) is 338 cm³/mol. The van der Waals surface area contributed by atoms with E-state index in [4.69, 9.17) is 24.7 Å². The number of amides is 3. The molecule has 1 saturated heterocycles. The summed E-state index contributed by atoms with van der Waals surface area (Å²) in [4.78, 5) is 69.8. The Labute approximate surface area is 514 Å². The second-order valence-electron chi connectivity index (χ2n) is 21.6. The van der Waals surface area contributed by atoms with E-state index in [0.717, 1.165) is 38.4 Å². The van der Waals surface area contributed by atoms with Gasteiger partial charge in [0.2, 0.25) is 11.7 Å². The number of carbonyl (C=O) groups excluding carboxylic acids is 5. The van der Waals surface area contributed by atoms with Gasteiger partial charge in [0.25, 0.3) is 21.9 Å². The second-order valence-corrected chi connectivity index (χ2v) is 23.4. The van der Waals surface area contributed by atoms with Crippen molar-refractivity contribution in [2.75, 3.05) is 45.0 Å². The maximum atomic E-state index is 14.2. The van der Waals surface area contributed by atoms with Gasteiger partial charge < -0.3 is 40.2 Å². The van der Waals surface area contributed by atoms with Crippen LogP contribution in [0.25, 0.3) is 32.7 Å². The molecule has 0 radical (unpaired) electrons. The predicted octanol–water partition coefficient (Wildman–Crippen LogP) is 13.4. The van der Waals surface area contributed by atoms with E-state index in [1.165, 1.54) is 25.2 Å². The van der Waals surface area contributed by atoms with Gasteiger partial charge in [0.1, 0.15) is 34.2 Å². The molecule has 88 heavy (non-hydrogen) atoms. The first kappa shape index (κ1) is 63.0. The van der Waals surface area contributed by atoms with Crippen LogP contribution in [0.1, 0.15) is 70.1 Å². The number of ketones is 1. The molecule has 22 heteroatoms. The highest BCUT2D eigenvalue weighted by Crippen LogP contribution is 2.41. The summed E-state index contributed by atoms with van der Waals surface area (Å²) < 4.78 is 58.9. The number of fused-ring (bicyclic) bond motifs is 2. The van der Waals surface area contributed by atoms with Gasteiger partial charge in [-0.05, 0) is 127 Å². The number of nitrogens with two attached hydrogens (primary N) is 1. The number of nitrogen functional groups attached to an aromatic ring is 1. The van der Waals surface area contributed by atoms with E-state index in [1.54, 1.807) is 80.6 Å². The van der Waals surface area contributed by atoms with Crippen molar-refractivity contribution in [1.29, 1.82) is 0 Å². The van der Waals surface area contributed by atoms with Crippen LogP contribution in [-0.4, -0.2) is 87.3 Å². The molecule has 1 aliphatic heterocycles. The highest BCUT2D eigenvalue weighted by atomic mass is 32.2. The number of anilines is 2. The van der Waals surface area contributed by atoms with Gasteiger partial charge in [-0.2, -0.15) is 18.6 Å². The van der Waals surface area contributed by atoms with Crippen LogP contribution in [0.4, 0.5) is 34.1 Å². The van der Waals surface area contributed by atoms with Crippen molar-refractivity contribution in [2.24, 2.45) is 25.9 Å². The van der Waals surface area contributed by atoms with Gasteiger partial charge in [-0.1, -0.05) is 112 Å². The molecule has 454 valence electrons. The molecule has 2 unspecified atom stereocenters. The molecule has 0 saturated carbocycles. The van der Waals surface area contributed by atoms with E-state index >= 15 is 0 Å². The summed E-state index contributed by atoms with van der Waals surface area (Å²) in [6, 6.07) is 42.3. The zero-order chi connectivity index (χ0) is 62.7. The lowest BCUT2D eigenvalue weighted by Gasteiger charge is -2.36. The summed E-state index contributed by atoms with van der Waals surface area (Å²) >= 11 is 4.60. The fourth-order valence-corrected chi connectivity index (χ4v) is 11.1. The van der Waals surface area contributed by atoms with Crippen LogP contribution in [0, 0.1) is 5.41 Å². The Hall–Kier alpha value is -9.51. The molecule has 1 fully saturated rings. The average molecular weight is 1230 g/mol. The Bertz CT molecular complexity index is 4120. The molecule has 8 aromatic carbocycles. The zero-order valence-electron chi connectivity index (χ0n) is 49.1. The minimum absolute atomic E-state index is 0.0559. The zero-order valence-corrected chi connectivity index (χ0v) is 50.8. The van der Waals surface area contributed by atoms with Gasteiger partial charge in [0.15, 0.2) is 18.1 Å². The second kappa shape index (κ2) is 27.9. The van der Waals surface area contributed by atoms with Gasteiger partial charge in [-0.3, -0.25) is 23.7 Å². The molecular formula is C66H66N8O12S2. The molecule has 2 atom stereocenters. The molecular weight excluding hydrogens is 1160 g/mol. The van der Waals surface area contributed by atoms with Crippen LogP contribution in [0.3, 0.4) is 0 Å². The first-order chi connectivity index (χ1) is 42.2. The van der Waals surface area contributed by atoms with Crippen LogP contribution in [0.15, 0.2) is 182 Å². The number of Topliss-reactive ketones (excluding diaryl/α,β-unsaturated/α-hetero) is 1. The number of thiol groups is 1. The number of ether oxygens (including phenoxy) is 4. The highest BCUT2D eigenvalue weighted by Gasteiger charge is 2.41. The fourth-order valence-electron chi connectivity index (χ4n) is 10.1. The number of hydrogen-bond donors (Lipinski definition) is 5. The molecule has 8 aromatic rings. The monoisotopic (exact) mass is 1230 g/mol. The molecule has 0 aromatic heterocycles. The first-order valence-corrected chi connectivity index (χ1v) is 30.3. The van der Waals surface area contributed by atoms with E-state index in [2.05, 4.69) is 43.7 Å². The number of benzene rings is 8. The summed E-state index contributed by atoms with van der Waals surface area (Å²) in [6.45, 7) is 4.40. The minimum atomic E-state index is -4.81. The molecule has 3 amide bonds. The summed E-state index contributed by atoms with van der Waals surface area (Å²) in [6.07, 6.45) is 1.87. The van der Waals surface area contributed by atoms with E-state index in [0.29, 0.717) is 71.9 Å². The van der Waals surface area contributed by atoms with Crippen molar-refractivity contribution >= 4 is 108 Å². The number of nitrogens with one attached hydrogen (secondary N) is 2.